The topological polar surface area (TPSA) is 107 Å². The molecule has 8 heteroatoms. The van der Waals surface area contributed by atoms with Crippen molar-refractivity contribution in [3.8, 4) is 5.75 Å². The number of benzene rings is 1. The Hall–Kier alpha value is -2.35. The van der Waals surface area contributed by atoms with Gasteiger partial charge in [0.2, 0.25) is 10.0 Å². The highest BCUT2D eigenvalue weighted by atomic mass is 32.2. The zero-order valence-electron chi connectivity index (χ0n) is 10.6. The second-order valence-corrected chi connectivity index (χ2v) is 5.77. The summed E-state index contributed by atoms with van der Waals surface area (Å²) < 4.78 is 31.2. The molecule has 0 spiro atoms. The van der Waals surface area contributed by atoms with E-state index in [1.165, 1.54) is 18.6 Å². The van der Waals surface area contributed by atoms with E-state index in [4.69, 9.17) is 10.5 Å². The fraction of sp³-hybridized carbons (Fsp3) is 0.167. The standard InChI is InChI=1S/C12H14N4O3S/c13-10-1-3-11(4-2-10)19-7-8-20(17,18)16-12-9-14-5-6-15-12/h1-6,9H,7-8,13H2,(H,15,16). The lowest BCUT2D eigenvalue weighted by molar-refractivity contribution is 0.341. The van der Waals surface area contributed by atoms with Crippen LogP contribution in [0.5, 0.6) is 5.75 Å². The minimum atomic E-state index is -3.52. The SMILES string of the molecule is Nc1ccc(OCCS(=O)(=O)Nc2cnccn2)cc1. The van der Waals surface area contributed by atoms with Gasteiger partial charge < -0.3 is 10.5 Å². The predicted molar refractivity (Wildman–Crippen MR) is 75.8 cm³/mol. The van der Waals surface area contributed by atoms with E-state index in [9.17, 15) is 8.42 Å². The van der Waals surface area contributed by atoms with Gasteiger partial charge in [0.15, 0.2) is 5.82 Å². The Kier molecular flexibility index (Phi) is 4.36. The van der Waals surface area contributed by atoms with Crippen molar-refractivity contribution in [2.75, 3.05) is 22.8 Å². The molecule has 0 fully saturated rings. The largest absolute Gasteiger partial charge is 0.492 e. The van der Waals surface area contributed by atoms with Gasteiger partial charge in [0.1, 0.15) is 18.1 Å². The highest BCUT2D eigenvalue weighted by molar-refractivity contribution is 7.92. The third-order valence-corrected chi connectivity index (χ3v) is 3.55. The molecule has 0 amide bonds. The molecular formula is C12H14N4O3S. The molecule has 2 aromatic rings. The molecule has 0 bridgehead atoms. The summed E-state index contributed by atoms with van der Waals surface area (Å²) in [6, 6.07) is 6.72. The minimum Gasteiger partial charge on any atom is -0.492 e. The Balaban J connectivity index is 1.85. The smallest absolute Gasteiger partial charge is 0.237 e. The minimum absolute atomic E-state index is 0.0273. The summed E-state index contributed by atoms with van der Waals surface area (Å²) >= 11 is 0. The first kappa shape index (κ1) is 14.1. The van der Waals surface area contributed by atoms with E-state index in [0.717, 1.165) is 0 Å². The first-order chi connectivity index (χ1) is 9.55. The average molecular weight is 294 g/mol. The van der Waals surface area contributed by atoms with Gasteiger partial charge in [0.05, 0.1) is 6.20 Å². The summed E-state index contributed by atoms with van der Waals surface area (Å²) in [5, 5.41) is 0. The normalized spacial score (nSPS) is 11.0. The van der Waals surface area contributed by atoms with E-state index < -0.39 is 10.0 Å². The Bertz CT molecular complexity index is 644. The van der Waals surface area contributed by atoms with E-state index >= 15 is 0 Å². The van der Waals surface area contributed by atoms with Crippen LogP contribution in [0.4, 0.5) is 11.5 Å². The van der Waals surface area contributed by atoms with Crippen molar-refractivity contribution in [3.05, 3.63) is 42.9 Å². The van der Waals surface area contributed by atoms with Crippen LogP contribution in [0.15, 0.2) is 42.9 Å². The molecule has 1 aromatic heterocycles. The number of nitrogen functional groups attached to an aromatic ring is 1. The van der Waals surface area contributed by atoms with Crippen LogP contribution in [-0.2, 0) is 10.0 Å². The number of ether oxygens (including phenoxy) is 1. The molecule has 0 aliphatic heterocycles. The van der Waals surface area contributed by atoms with Crippen molar-refractivity contribution in [2.45, 2.75) is 0 Å². The number of nitrogens with one attached hydrogen (secondary N) is 1. The Morgan fingerprint density at radius 3 is 2.60 bits per heavy atom. The van der Waals surface area contributed by atoms with Gasteiger partial charge in [-0.2, -0.15) is 0 Å². The molecule has 7 nitrogen and oxygen atoms in total. The maximum atomic E-state index is 11.8. The van der Waals surface area contributed by atoms with E-state index in [2.05, 4.69) is 14.7 Å². The number of anilines is 2. The number of aromatic nitrogens is 2. The number of hydrogen-bond donors (Lipinski definition) is 2. The number of sulfonamides is 1. The molecule has 0 radical (unpaired) electrons. The third-order valence-electron chi connectivity index (χ3n) is 2.32. The molecule has 0 unspecified atom stereocenters. The van der Waals surface area contributed by atoms with Crippen molar-refractivity contribution in [1.29, 1.82) is 0 Å². The zero-order chi connectivity index (χ0) is 14.4. The Morgan fingerprint density at radius 2 is 1.95 bits per heavy atom. The van der Waals surface area contributed by atoms with Crippen LogP contribution >= 0.6 is 0 Å². The second kappa shape index (κ2) is 6.20. The zero-order valence-corrected chi connectivity index (χ0v) is 11.4. The van der Waals surface area contributed by atoms with Crippen molar-refractivity contribution >= 4 is 21.5 Å². The summed E-state index contributed by atoms with van der Waals surface area (Å²) in [5.41, 5.74) is 6.16. The number of hydrogen-bond acceptors (Lipinski definition) is 6. The maximum absolute atomic E-state index is 11.8. The first-order valence-electron chi connectivity index (χ1n) is 5.80. The van der Waals surface area contributed by atoms with Gasteiger partial charge in [-0.15, -0.1) is 0 Å². The monoisotopic (exact) mass is 294 g/mol. The number of nitrogens with zero attached hydrogens (tertiary/aromatic N) is 2. The van der Waals surface area contributed by atoms with Gasteiger partial charge in [-0.05, 0) is 24.3 Å². The van der Waals surface area contributed by atoms with Gasteiger partial charge in [0.25, 0.3) is 0 Å². The average Bonchev–Trinajstić information content (AvgIpc) is 2.41. The van der Waals surface area contributed by atoms with Gasteiger partial charge in [-0.25, -0.2) is 13.4 Å². The molecule has 1 aromatic carbocycles. The van der Waals surface area contributed by atoms with Crippen LogP contribution in [0.25, 0.3) is 0 Å². The lowest BCUT2D eigenvalue weighted by atomic mass is 10.3. The summed E-state index contributed by atoms with van der Waals surface area (Å²) in [4.78, 5) is 7.60. The molecule has 3 N–H and O–H groups in total. The Labute approximate surface area is 116 Å². The summed E-state index contributed by atoms with van der Waals surface area (Å²) in [5.74, 6) is 0.558. The van der Waals surface area contributed by atoms with Gasteiger partial charge in [-0.3, -0.25) is 9.71 Å². The molecule has 0 saturated heterocycles. The van der Waals surface area contributed by atoms with Crippen LogP contribution < -0.4 is 15.2 Å². The quantitative estimate of drug-likeness (QED) is 0.766. The highest BCUT2D eigenvalue weighted by Gasteiger charge is 2.11. The molecule has 0 aliphatic rings. The van der Waals surface area contributed by atoms with Gasteiger partial charge in [0, 0.05) is 18.1 Å². The summed E-state index contributed by atoms with van der Waals surface area (Å²) in [6.07, 6.45) is 4.20. The van der Waals surface area contributed by atoms with E-state index in [1.807, 2.05) is 0 Å². The van der Waals surface area contributed by atoms with Crippen LogP contribution in [0.1, 0.15) is 0 Å². The number of nitrogens with two attached hydrogens (primary N) is 1. The van der Waals surface area contributed by atoms with E-state index in [1.54, 1.807) is 24.3 Å². The molecular weight excluding hydrogens is 280 g/mol. The molecule has 2 rings (SSSR count). The lowest BCUT2D eigenvalue weighted by Gasteiger charge is -2.08. The van der Waals surface area contributed by atoms with Crippen LogP contribution in [0, 0.1) is 0 Å². The molecule has 106 valence electrons. The van der Waals surface area contributed by atoms with Crippen LogP contribution in [-0.4, -0.2) is 30.7 Å². The van der Waals surface area contributed by atoms with Crippen molar-refractivity contribution in [1.82, 2.24) is 9.97 Å². The third kappa shape index (κ3) is 4.39. The summed E-state index contributed by atoms with van der Waals surface area (Å²) in [7, 11) is -3.52. The molecule has 20 heavy (non-hydrogen) atoms. The van der Waals surface area contributed by atoms with E-state index in [0.29, 0.717) is 11.4 Å². The van der Waals surface area contributed by atoms with Crippen molar-refractivity contribution in [2.24, 2.45) is 0 Å². The van der Waals surface area contributed by atoms with Crippen molar-refractivity contribution in [3.63, 3.8) is 0 Å². The lowest BCUT2D eigenvalue weighted by Crippen LogP contribution is -2.21. The van der Waals surface area contributed by atoms with Crippen LogP contribution in [0.2, 0.25) is 0 Å². The predicted octanol–water partition coefficient (Wildman–Crippen LogP) is 0.879. The van der Waals surface area contributed by atoms with Crippen molar-refractivity contribution < 1.29 is 13.2 Å². The molecule has 1 heterocycles. The molecule has 0 aliphatic carbocycles. The van der Waals surface area contributed by atoms with Gasteiger partial charge >= 0.3 is 0 Å². The maximum Gasteiger partial charge on any atom is 0.237 e. The summed E-state index contributed by atoms with van der Waals surface area (Å²) in [6.45, 7) is 0.0273. The fourth-order valence-electron chi connectivity index (χ4n) is 1.40. The molecule has 0 atom stereocenters. The first-order valence-corrected chi connectivity index (χ1v) is 7.45. The van der Waals surface area contributed by atoms with E-state index in [-0.39, 0.29) is 18.2 Å². The second-order valence-electron chi connectivity index (χ2n) is 3.93. The Morgan fingerprint density at radius 1 is 1.20 bits per heavy atom. The molecule has 0 saturated carbocycles. The highest BCUT2D eigenvalue weighted by Crippen LogP contribution is 2.13. The van der Waals surface area contributed by atoms with Crippen LogP contribution in [0.3, 0.4) is 0 Å². The van der Waals surface area contributed by atoms with Gasteiger partial charge in [-0.1, -0.05) is 0 Å². The fourth-order valence-corrected chi connectivity index (χ4v) is 2.22. The number of rotatable bonds is 6.